The van der Waals surface area contributed by atoms with E-state index in [0.717, 1.165) is 5.56 Å². The molecule has 3 aromatic rings. The molecular formula is C40H49BrN6O9. The third-order valence-corrected chi connectivity index (χ3v) is 10.0. The average molecular weight is 838 g/mol. The lowest BCUT2D eigenvalue weighted by molar-refractivity contribution is -0.142. The van der Waals surface area contributed by atoms with E-state index in [1.165, 1.54) is 46.9 Å². The van der Waals surface area contributed by atoms with Gasteiger partial charge in [-0.1, -0.05) is 24.3 Å². The second kappa shape index (κ2) is 19.9. The van der Waals surface area contributed by atoms with Gasteiger partial charge in [0, 0.05) is 13.5 Å². The molecule has 0 radical (unpaired) electrons. The van der Waals surface area contributed by atoms with Gasteiger partial charge in [0.15, 0.2) is 11.5 Å². The van der Waals surface area contributed by atoms with Crippen LogP contribution in [0.2, 0.25) is 0 Å². The number of hydrogen-bond donors (Lipinski definition) is 5. The highest BCUT2D eigenvalue weighted by Crippen LogP contribution is 2.39. The third-order valence-electron chi connectivity index (χ3n) is 9.42. The van der Waals surface area contributed by atoms with Gasteiger partial charge in [-0.2, -0.15) is 0 Å². The van der Waals surface area contributed by atoms with Crippen molar-refractivity contribution in [1.82, 2.24) is 31.5 Å². The standard InChI is InChI=1S/C40H49BrN6O9/c1-22-36(49)45-24(3)40(53)47(5)33(19-26-8-12-29(54-6)13-9-26)39(52)44-23(2)37(50)46-28(21-48)16-25-10-14-30(15-11-25)56-34-20-27(17-31(41)35(34)55-7)18-32(42-4)38(51)43-22/h8-15,17,20-24,28,32-33,42H,16,18-19H2,1-7H3,(H,43,51)(H,44,52)(H,45,49)(H,46,50)/t22-,23+,24+,28+,32+,33+/m1/s1. The summed E-state index contributed by atoms with van der Waals surface area (Å²) >= 11 is 3.53. The summed E-state index contributed by atoms with van der Waals surface area (Å²) in [6.45, 7) is 4.45. The number of likely N-dealkylation sites (N-methyl/N-ethyl adjacent to an activating group) is 2. The molecule has 5 rings (SSSR count). The maximum atomic E-state index is 13.8. The highest BCUT2D eigenvalue weighted by molar-refractivity contribution is 9.10. The predicted molar refractivity (Wildman–Crippen MR) is 212 cm³/mol. The van der Waals surface area contributed by atoms with Crippen molar-refractivity contribution in [3.63, 3.8) is 0 Å². The predicted octanol–water partition coefficient (Wildman–Crippen LogP) is 2.21. The number of aldehydes is 1. The number of benzene rings is 3. The first kappa shape index (κ1) is 43.3. The zero-order valence-corrected chi connectivity index (χ0v) is 34.0. The zero-order chi connectivity index (χ0) is 41.1. The smallest absolute Gasteiger partial charge is 0.245 e. The molecule has 0 aliphatic carbocycles. The van der Waals surface area contributed by atoms with Crippen molar-refractivity contribution >= 4 is 51.8 Å². The lowest BCUT2D eigenvalue weighted by Gasteiger charge is -2.31. The average Bonchev–Trinajstić information content (AvgIpc) is 3.18. The monoisotopic (exact) mass is 836 g/mol. The minimum absolute atomic E-state index is 0.0634. The topological polar surface area (TPSA) is 193 Å². The minimum Gasteiger partial charge on any atom is -0.497 e. The van der Waals surface area contributed by atoms with Gasteiger partial charge in [-0.25, -0.2) is 0 Å². The van der Waals surface area contributed by atoms with Crippen molar-refractivity contribution in [3.8, 4) is 23.0 Å². The molecular weight excluding hydrogens is 788 g/mol. The SMILES string of the molecule is CN[C@H]1Cc2cc(Br)c(OC)c(c2)Oc2ccc(cc2)C[C@@H](C=O)NC(=O)[C@H](C)NC(=O)[C@H](Cc2ccc(OC)cc2)N(C)C(=O)[C@H](C)NC(=O)[C@@H](C)NC1=O. The maximum absolute atomic E-state index is 13.8. The number of halogens is 1. The van der Waals surface area contributed by atoms with Crippen molar-refractivity contribution < 1.29 is 43.0 Å². The molecule has 15 nitrogen and oxygen atoms in total. The fraction of sp³-hybridized carbons (Fsp3) is 0.400. The Morgan fingerprint density at radius 2 is 1.39 bits per heavy atom. The van der Waals surface area contributed by atoms with Crippen molar-refractivity contribution in [1.29, 1.82) is 0 Å². The molecule has 2 aliphatic rings. The summed E-state index contributed by atoms with van der Waals surface area (Å²) in [5, 5.41) is 13.7. The van der Waals surface area contributed by atoms with E-state index in [0.29, 0.717) is 44.9 Å². The van der Waals surface area contributed by atoms with E-state index in [1.807, 2.05) is 0 Å². The summed E-state index contributed by atoms with van der Waals surface area (Å²) < 4.78 is 17.6. The highest BCUT2D eigenvalue weighted by atomic mass is 79.9. The van der Waals surface area contributed by atoms with Gasteiger partial charge in [-0.15, -0.1) is 0 Å². The van der Waals surface area contributed by atoms with E-state index < -0.39 is 65.8 Å². The molecule has 0 unspecified atom stereocenters. The van der Waals surface area contributed by atoms with Crippen LogP contribution < -0.4 is 40.8 Å². The Labute approximate surface area is 334 Å². The van der Waals surface area contributed by atoms with E-state index in [2.05, 4.69) is 42.5 Å². The van der Waals surface area contributed by atoms with Gasteiger partial charge in [0.1, 0.15) is 42.0 Å². The lowest BCUT2D eigenvalue weighted by atomic mass is 10.0. The molecule has 3 aromatic carbocycles. The number of amides is 5. The first-order valence-corrected chi connectivity index (χ1v) is 18.8. The molecule has 5 amide bonds. The summed E-state index contributed by atoms with van der Waals surface area (Å²) in [6, 6.07) is 11.4. The number of fused-ring (bicyclic) bond motifs is 19. The summed E-state index contributed by atoms with van der Waals surface area (Å²) in [5.41, 5.74) is 2.14. The Balaban J connectivity index is 1.67. The molecule has 0 saturated heterocycles. The van der Waals surface area contributed by atoms with E-state index in [1.54, 1.807) is 67.7 Å². The molecule has 2 heterocycles. The molecule has 0 spiro atoms. The molecule has 56 heavy (non-hydrogen) atoms. The van der Waals surface area contributed by atoms with Crippen LogP contribution in [0.15, 0.2) is 65.1 Å². The second-order valence-electron chi connectivity index (χ2n) is 13.6. The third kappa shape index (κ3) is 11.3. The van der Waals surface area contributed by atoms with Crippen LogP contribution in [0.1, 0.15) is 37.5 Å². The zero-order valence-electron chi connectivity index (χ0n) is 32.4. The van der Waals surface area contributed by atoms with Gasteiger partial charge >= 0.3 is 0 Å². The molecule has 300 valence electrons. The number of carbonyl (C=O) groups excluding carboxylic acids is 6. The largest absolute Gasteiger partial charge is 0.497 e. The van der Waals surface area contributed by atoms with Crippen molar-refractivity contribution in [2.45, 2.75) is 76.3 Å². The first-order chi connectivity index (χ1) is 26.7. The fourth-order valence-electron chi connectivity index (χ4n) is 6.09. The maximum Gasteiger partial charge on any atom is 0.245 e. The number of rotatable bonds is 6. The van der Waals surface area contributed by atoms with Crippen LogP contribution in [0.3, 0.4) is 0 Å². The highest BCUT2D eigenvalue weighted by Gasteiger charge is 2.33. The number of methoxy groups -OCH3 is 2. The van der Waals surface area contributed by atoms with Gasteiger partial charge in [0.25, 0.3) is 0 Å². The number of carbonyl (C=O) groups is 6. The van der Waals surface area contributed by atoms with Crippen LogP contribution >= 0.6 is 15.9 Å². The Morgan fingerprint density at radius 3 is 1.98 bits per heavy atom. The number of hydrogen-bond acceptors (Lipinski definition) is 10. The van der Waals surface area contributed by atoms with Crippen LogP contribution in [-0.4, -0.2) is 105 Å². The molecule has 0 fully saturated rings. The van der Waals surface area contributed by atoms with Crippen LogP contribution in [0.4, 0.5) is 0 Å². The molecule has 2 aliphatic heterocycles. The normalized spacial score (nSPS) is 23.2. The Hall–Kier alpha value is -5.48. The second-order valence-corrected chi connectivity index (χ2v) is 14.4. The number of ether oxygens (including phenoxy) is 3. The quantitative estimate of drug-likeness (QED) is 0.182. The Bertz CT molecular complexity index is 1890. The molecule has 0 aromatic heterocycles. The van der Waals surface area contributed by atoms with Crippen molar-refractivity contribution in [2.24, 2.45) is 0 Å². The summed E-state index contributed by atoms with van der Waals surface area (Å²) in [6.07, 6.45) is 1.05. The molecule has 5 N–H and O–H groups in total. The summed E-state index contributed by atoms with van der Waals surface area (Å²) in [4.78, 5) is 80.9. The summed E-state index contributed by atoms with van der Waals surface area (Å²) in [5.74, 6) is -1.05. The van der Waals surface area contributed by atoms with Crippen LogP contribution in [0.5, 0.6) is 23.0 Å². The molecule has 6 atom stereocenters. The molecule has 0 saturated carbocycles. The van der Waals surface area contributed by atoms with E-state index in [-0.39, 0.29) is 19.3 Å². The minimum atomic E-state index is -1.11. The van der Waals surface area contributed by atoms with Gasteiger partial charge in [0.05, 0.1) is 30.8 Å². The lowest BCUT2D eigenvalue weighted by Crippen LogP contribution is -2.58. The molecule has 16 heteroatoms. The van der Waals surface area contributed by atoms with Crippen LogP contribution in [-0.2, 0) is 48.0 Å². The van der Waals surface area contributed by atoms with Gasteiger partial charge in [-0.05, 0) is 110 Å². The van der Waals surface area contributed by atoms with E-state index in [4.69, 9.17) is 14.2 Å². The Morgan fingerprint density at radius 1 is 0.786 bits per heavy atom. The van der Waals surface area contributed by atoms with Crippen LogP contribution in [0, 0.1) is 0 Å². The van der Waals surface area contributed by atoms with Crippen molar-refractivity contribution in [2.75, 3.05) is 28.3 Å². The number of nitrogens with one attached hydrogen (secondary N) is 5. The van der Waals surface area contributed by atoms with Crippen LogP contribution in [0.25, 0.3) is 0 Å². The summed E-state index contributed by atoms with van der Waals surface area (Å²) in [7, 11) is 6.09. The van der Waals surface area contributed by atoms with Gasteiger partial charge in [-0.3, -0.25) is 24.0 Å². The first-order valence-electron chi connectivity index (χ1n) is 18.0. The van der Waals surface area contributed by atoms with Crippen molar-refractivity contribution in [3.05, 3.63) is 81.8 Å². The Kier molecular flexibility index (Phi) is 15.4. The fourth-order valence-corrected chi connectivity index (χ4v) is 6.75. The number of nitrogens with zero attached hydrogens (tertiary/aromatic N) is 1. The van der Waals surface area contributed by atoms with E-state index >= 15 is 0 Å². The molecule has 4 bridgehead atoms. The van der Waals surface area contributed by atoms with Gasteiger partial charge < -0.3 is 50.5 Å². The van der Waals surface area contributed by atoms with Gasteiger partial charge in [0.2, 0.25) is 29.5 Å². The van der Waals surface area contributed by atoms with E-state index in [9.17, 15) is 28.8 Å².